The highest BCUT2D eigenvalue weighted by Gasteiger charge is 2.46. The molecule has 2 aromatic carbocycles. The summed E-state index contributed by atoms with van der Waals surface area (Å²) in [7, 11) is -4.30. The molecule has 1 saturated heterocycles. The van der Waals surface area contributed by atoms with Crippen molar-refractivity contribution in [1.82, 2.24) is 14.6 Å². The van der Waals surface area contributed by atoms with Gasteiger partial charge in [-0.2, -0.15) is 10.4 Å². The number of phosphoric ester groups is 1. The minimum Gasteiger partial charge on any atom is -0.393 e. The Morgan fingerprint density at radius 3 is 2.38 bits per heavy atom. The number of nitriles is 1. The molecule has 4 aromatic rings. The van der Waals surface area contributed by atoms with Gasteiger partial charge in [-0.3, -0.25) is 4.52 Å². The summed E-state index contributed by atoms with van der Waals surface area (Å²) in [6.07, 6.45) is 1.47. The summed E-state index contributed by atoms with van der Waals surface area (Å²) in [5.74, 6) is 0.493. The van der Waals surface area contributed by atoms with Crippen LogP contribution in [0.1, 0.15) is 18.5 Å². The first-order chi connectivity index (χ1) is 17.8. The molecule has 2 aromatic heterocycles. The second-order valence-corrected chi connectivity index (χ2v) is 10.5. The molecule has 3 heterocycles. The van der Waals surface area contributed by atoms with Crippen molar-refractivity contribution in [1.29, 1.82) is 5.26 Å². The summed E-state index contributed by atoms with van der Waals surface area (Å²) in [4.78, 5) is 3.97. The van der Waals surface area contributed by atoms with E-state index in [9.17, 15) is 9.83 Å². The largest absolute Gasteiger partial charge is 0.587 e. The lowest BCUT2D eigenvalue weighted by atomic mass is 9.98. The standard InChI is InChI=1S/C24H20Cl2N5O5P/c25-17-5-1-3-7-20(17)35-37(32,36-21-8-4-2-6-18(21)26)33-13-16-11-12-24(14-27,34-16)22-10-9-19-23(28)29-15-30-31(19)22/h1-10,15-16H,11-13H2,(H2,28,29,30). The van der Waals surface area contributed by atoms with Gasteiger partial charge in [-0.05, 0) is 49.2 Å². The van der Waals surface area contributed by atoms with Gasteiger partial charge >= 0.3 is 7.82 Å². The number of nitrogens with zero attached hydrogens (tertiary/aromatic N) is 4. The molecule has 2 unspecified atom stereocenters. The Bertz CT molecular complexity index is 1490. The number of halogens is 2. The summed E-state index contributed by atoms with van der Waals surface area (Å²) < 4.78 is 38.4. The van der Waals surface area contributed by atoms with Crippen molar-refractivity contribution in [2.45, 2.75) is 24.5 Å². The topological polar surface area (TPSA) is 134 Å². The van der Waals surface area contributed by atoms with Gasteiger partial charge in [0.05, 0.1) is 28.5 Å². The van der Waals surface area contributed by atoms with Crippen LogP contribution >= 0.6 is 31.0 Å². The molecular weight excluding hydrogens is 540 g/mol. The van der Waals surface area contributed by atoms with Gasteiger partial charge in [-0.25, -0.2) is 14.1 Å². The van der Waals surface area contributed by atoms with E-state index in [4.69, 9.17) is 47.2 Å². The number of ether oxygens (including phenoxy) is 1. The minimum absolute atomic E-state index is 0.107. The van der Waals surface area contributed by atoms with Crippen LogP contribution in [0.2, 0.25) is 10.0 Å². The van der Waals surface area contributed by atoms with Crippen molar-refractivity contribution in [3.63, 3.8) is 0 Å². The molecule has 0 radical (unpaired) electrons. The summed E-state index contributed by atoms with van der Waals surface area (Å²) >= 11 is 12.4. The fraction of sp³-hybridized carbons (Fsp3) is 0.208. The predicted molar refractivity (Wildman–Crippen MR) is 137 cm³/mol. The average Bonchev–Trinajstić information content (AvgIpc) is 3.52. The number of rotatable bonds is 8. The number of para-hydroxylation sites is 2. The molecule has 0 bridgehead atoms. The first-order valence-corrected chi connectivity index (χ1v) is 13.3. The quantitative estimate of drug-likeness (QED) is 0.266. The van der Waals surface area contributed by atoms with E-state index in [1.807, 2.05) is 0 Å². The second kappa shape index (κ2) is 10.2. The molecule has 5 rings (SSSR count). The average molecular weight is 560 g/mol. The van der Waals surface area contributed by atoms with Gasteiger partial charge in [0, 0.05) is 0 Å². The number of anilines is 1. The van der Waals surface area contributed by atoms with Crippen molar-refractivity contribution in [2.24, 2.45) is 0 Å². The van der Waals surface area contributed by atoms with Crippen molar-refractivity contribution in [3.8, 4) is 17.6 Å². The van der Waals surface area contributed by atoms with E-state index in [-0.39, 0.29) is 34.0 Å². The van der Waals surface area contributed by atoms with E-state index in [0.29, 0.717) is 24.1 Å². The first-order valence-electron chi connectivity index (χ1n) is 11.1. The lowest BCUT2D eigenvalue weighted by Crippen LogP contribution is -2.28. The highest BCUT2D eigenvalue weighted by Crippen LogP contribution is 2.53. The molecule has 37 heavy (non-hydrogen) atoms. The Hall–Kier alpha value is -3.32. The summed E-state index contributed by atoms with van der Waals surface area (Å²) in [5.41, 5.74) is 5.67. The maximum Gasteiger partial charge on any atom is 0.587 e. The monoisotopic (exact) mass is 559 g/mol. The third kappa shape index (κ3) is 5.10. The molecular formula is C24H20Cl2N5O5P. The van der Waals surface area contributed by atoms with Gasteiger partial charge in [-0.1, -0.05) is 47.5 Å². The number of hydrogen-bond donors (Lipinski definition) is 1. The van der Waals surface area contributed by atoms with E-state index in [1.165, 1.54) is 23.0 Å². The Labute approximate surface area is 222 Å². The van der Waals surface area contributed by atoms with E-state index in [0.717, 1.165) is 0 Å². The number of hydrogen-bond acceptors (Lipinski definition) is 9. The summed E-state index contributed by atoms with van der Waals surface area (Å²) in [6, 6.07) is 18.7. The van der Waals surface area contributed by atoms with Gasteiger partial charge in [0.15, 0.2) is 22.9 Å². The summed E-state index contributed by atoms with van der Waals surface area (Å²) in [5, 5.41) is 14.7. The maximum absolute atomic E-state index is 13.7. The van der Waals surface area contributed by atoms with Crippen LogP contribution in [0.15, 0.2) is 67.0 Å². The number of aromatic nitrogens is 3. The number of nitrogens with two attached hydrogens (primary N) is 1. The minimum atomic E-state index is -4.30. The lowest BCUT2D eigenvalue weighted by Gasteiger charge is -2.23. The van der Waals surface area contributed by atoms with Crippen LogP contribution in [-0.4, -0.2) is 27.3 Å². The predicted octanol–water partition coefficient (Wildman–Crippen LogP) is 5.80. The van der Waals surface area contributed by atoms with Crippen LogP contribution in [0.3, 0.4) is 0 Å². The fourth-order valence-corrected chi connectivity index (χ4v) is 5.74. The fourth-order valence-electron chi connectivity index (χ4n) is 3.99. The number of fused-ring (bicyclic) bond motifs is 1. The van der Waals surface area contributed by atoms with E-state index < -0.39 is 19.5 Å². The molecule has 0 aliphatic carbocycles. The Balaban J connectivity index is 1.37. The molecule has 190 valence electrons. The molecule has 2 atom stereocenters. The Morgan fingerprint density at radius 1 is 1.11 bits per heavy atom. The molecule has 0 saturated carbocycles. The molecule has 1 aliphatic heterocycles. The van der Waals surface area contributed by atoms with Gasteiger partial charge in [0.25, 0.3) is 0 Å². The van der Waals surface area contributed by atoms with Crippen LogP contribution < -0.4 is 14.8 Å². The van der Waals surface area contributed by atoms with Gasteiger partial charge < -0.3 is 19.5 Å². The van der Waals surface area contributed by atoms with Crippen LogP contribution in [-0.2, 0) is 19.4 Å². The van der Waals surface area contributed by atoms with Crippen molar-refractivity contribution in [2.75, 3.05) is 12.3 Å². The molecule has 0 amide bonds. The number of benzene rings is 2. The first kappa shape index (κ1) is 25.3. The van der Waals surface area contributed by atoms with Gasteiger partial charge in [-0.15, -0.1) is 0 Å². The summed E-state index contributed by atoms with van der Waals surface area (Å²) in [6.45, 7) is -0.198. The second-order valence-electron chi connectivity index (χ2n) is 8.16. The zero-order chi connectivity index (χ0) is 26.0. The smallest absolute Gasteiger partial charge is 0.393 e. The Morgan fingerprint density at radius 2 is 1.76 bits per heavy atom. The maximum atomic E-state index is 13.7. The third-order valence-electron chi connectivity index (χ3n) is 5.77. The van der Waals surface area contributed by atoms with Crippen molar-refractivity contribution >= 4 is 42.4 Å². The van der Waals surface area contributed by atoms with E-state index in [2.05, 4.69) is 16.2 Å². The number of phosphoric acid groups is 1. The van der Waals surface area contributed by atoms with Crippen LogP contribution in [0.4, 0.5) is 5.82 Å². The van der Waals surface area contributed by atoms with E-state index >= 15 is 0 Å². The lowest BCUT2D eigenvalue weighted by molar-refractivity contribution is -0.0312. The third-order valence-corrected chi connectivity index (χ3v) is 7.70. The molecule has 0 spiro atoms. The van der Waals surface area contributed by atoms with Crippen LogP contribution in [0.25, 0.3) is 5.52 Å². The Kier molecular flexibility index (Phi) is 6.99. The van der Waals surface area contributed by atoms with Crippen molar-refractivity contribution < 1.29 is 22.9 Å². The molecule has 1 aliphatic rings. The van der Waals surface area contributed by atoms with Gasteiger partial charge in [0.1, 0.15) is 17.9 Å². The van der Waals surface area contributed by atoms with Crippen molar-refractivity contribution in [3.05, 3.63) is 82.7 Å². The number of nitrogen functional groups attached to an aromatic ring is 1. The van der Waals surface area contributed by atoms with Crippen LogP contribution in [0, 0.1) is 11.3 Å². The van der Waals surface area contributed by atoms with Crippen LogP contribution in [0.5, 0.6) is 11.5 Å². The zero-order valence-electron chi connectivity index (χ0n) is 19.2. The van der Waals surface area contributed by atoms with Gasteiger partial charge in [0.2, 0.25) is 0 Å². The zero-order valence-corrected chi connectivity index (χ0v) is 21.6. The molecule has 1 fully saturated rings. The molecule has 2 N–H and O–H groups in total. The van der Waals surface area contributed by atoms with E-state index in [1.54, 1.807) is 48.5 Å². The highest BCUT2D eigenvalue weighted by atomic mass is 35.5. The normalized spacial score (nSPS) is 19.5. The highest BCUT2D eigenvalue weighted by molar-refractivity contribution is 7.49. The molecule has 10 nitrogen and oxygen atoms in total. The molecule has 13 heteroatoms. The SMILES string of the molecule is N#CC1(c2ccc3c(N)ncnn23)CCC(COP(=O)(Oc2ccccc2Cl)Oc2ccccc2Cl)O1.